The molecule has 1 unspecified atom stereocenters. The summed E-state index contributed by atoms with van der Waals surface area (Å²) in [6.07, 6.45) is 2.03. The van der Waals surface area contributed by atoms with Crippen LogP contribution in [0.15, 0.2) is 0 Å². The third kappa shape index (κ3) is 0.692. The van der Waals surface area contributed by atoms with Crippen LogP contribution >= 0.6 is 0 Å². The maximum atomic E-state index is 12.7. The van der Waals surface area contributed by atoms with Crippen LogP contribution in [0.1, 0.15) is 26.2 Å². The van der Waals surface area contributed by atoms with Crippen molar-refractivity contribution in [1.29, 1.82) is 0 Å². The van der Waals surface area contributed by atoms with E-state index >= 15 is 0 Å². The zero-order valence-corrected chi connectivity index (χ0v) is 5.56. The van der Waals surface area contributed by atoms with E-state index in [0.29, 0.717) is 6.42 Å². The van der Waals surface area contributed by atoms with Gasteiger partial charge in [-0.3, -0.25) is 0 Å². The Balaban J connectivity index is 2.07. The predicted octanol–water partition coefficient (Wildman–Crippen LogP) is 1.67. The van der Waals surface area contributed by atoms with Gasteiger partial charge in [-0.05, 0) is 26.2 Å². The van der Waals surface area contributed by atoms with E-state index in [4.69, 9.17) is 4.74 Å². The largest absolute Gasteiger partial charge is 0.363 e. The van der Waals surface area contributed by atoms with Gasteiger partial charge in [0.25, 0.3) is 0 Å². The molecular formula is C7H11FO. The van der Waals surface area contributed by atoms with Gasteiger partial charge in [0.15, 0.2) is 0 Å². The zero-order valence-electron chi connectivity index (χ0n) is 5.56. The molecule has 0 spiro atoms. The van der Waals surface area contributed by atoms with Crippen molar-refractivity contribution in [1.82, 2.24) is 0 Å². The summed E-state index contributed by atoms with van der Waals surface area (Å²) in [4.78, 5) is 0. The van der Waals surface area contributed by atoms with Crippen LogP contribution < -0.4 is 0 Å². The highest BCUT2D eigenvalue weighted by Crippen LogP contribution is 2.48. The Kier molecular flexibility index (Phi) is 0.933. The van der Waals surface area contributed by atoms with Crippen molar-refractivity contribution in [2.24, 2.45) is 0 Å². The monoisotopic (exact) mass is 130 g/mol. The first-order valence-corrected chi connectivity index (χ1v) is 3.54. The van der Waals surface area contributed by atoms with Crippen molar-refractivity contribution in [3.63, 3.8) is 0 Å². The van der Waals surface area contributed by atoms with Gasteiger partial charge in [-0.2, -0.15) is 0 Å². The Morgan fingerprint density at radius 1 is 1.67 bits per heavy atom. The summed E-state index contributed by atoms with van der Waals surface area (Å²) in [7, 11) is 0. The van der Waals surface area contributed by atoms with Crippen molar-refractivity contribution in [3.05, 3.63) is 0 Å². The normalized spacial score (nSPS) is 56.7. The van der Waals surface area contributed by atoms with Gasteiger partial charge >= 0.3 is 0 Å². The lowest BCUT2D eigenvalue weighted by Gasteiger charge is -2.14. The number of epoxide rings is 1. The average Bonchev–Trinajstić information content (AvgIpc) is 2.43. The van der Waals surface area contributed by atoms with Gasteiger partial charge in [0, 0.05) is 0 Å². The molecule has 1 aliphatic carbocycles. The molecule has 3 atom stereocenters. The minimum atomic E-state index is -0.677. The lowest BCUT2D eigenvalue weighted by atomic mass is 9.90. The number of ether oxygens (including phenoxy) is 1. The highest BCUT2D eigenvalue weighted by atomic mass is 19.1. The summed E-state index contributed by atoms with van der Waals surface area (Å²) >= 11 is 0. The van der Waals surface area contributed by atoms with Crippen molar-refractivity contribution in [3.8, 4) is 0 Å². The van der Waals surface area contributed by atoms with Crippen LogP contribution in [0.25, 0.3) is 0 Å². The Labute approximate surface area is 54.2 Å². The fourth-order valence-electron chi connectivity index (χ4n) is 1.71. The van der Waals surface area contributed by atoms with Gasteiger partial charge in [-0.1, -0.05) is 0 Å². The zero-order chi connectivity index (χ0) is 6.48. The number of fused-ring (bicyclic) bond motifs is 1. The Morgan fingerprint density at radius 3 is 3.00 bits per heavy atom. The smallest absolute Gasteiger partial charge is 0.129 e. The van der Waals surface area contributed by atoms with E-state index in [1.54, 1.807) is 0 Å². The Morgan fingerprint density at radius 2 is 2.44 bits per heavy atom. The van der Waals surface area contributed by atoms with Gasteiger partial charge in [-0.25, -0.2) is 4.39 Å². The fourth-order valence-corrected chi connectivity index (χ4v) is 1.71. The first-order chi connectivity index (χ1) is 4.22. The van der Waals surface area contributed by atoms with Gasteiger partial charge in [0.05, 0.1) is 5.60 Å². The van der Waals surface area contributed by atoms with Crippen molar-refractivity contribution >= 4 is 0 Å². The van der Waals surface area contributed by atoms with E-state index in [0.717, 1.165) is 12.8 Å². The first kappa shape index (κ1) is 5.66. The molecule has 0 aromatic carbocycles. The SMILES string of the molecule is C[C@]12CCCC(F)[C@H]1O2. The lowest BCUT2D eigenvalue weighted by Crippen LogP contribution is -2.24. The average molecular weight is 130 g/mol. The van der Waals surface area contributed by atoms with Crippen LogP contribution in [0.5, 0.6) is 0 Å². The van der Waals surface area contributed by atoms with Crippen LogP contribution in [0, 0.1) is 0 Å². The summed E-state index contributed by atoms with van der Waals surface area (Å²) in [5.74, 6) is 0. The summed E-state index contributed by atoms with van der Waals surface area (Å²) in [6, 6.07) is 0. The van der Waals surface area contributed by atoms with Crippen LogP contribution in [0.4, 0.5) is 4.39 Å². The number of rotatable bonds is 0. The van der Waals surface area contributed by atoms with Gasteiger partial charge < -0.3 is 4.74 Å². The van der Waals surface area contributed by atoms with E-state index in [9.17, 15) is 4.39 Å². The van der Waals surface area contributed by atoms with E-state index in [1.165, 1.54) is 0 Å². The maximum absolute atomic E-state index is 12.7. The summed E-state index contributed by atoms with van der Waals surface area (Å²) in [5, 5.41) is 0. The van der Waals surface area contributed by atoms with Crippen molar-refractivity contribution in [2.45, 2.75) is 44.1 Å². The number of alkyl halides is 1. The summed E-state index contributed by atoms with van der Waals surface area (Å²) < 4.78 is 17.9. The second-order valence-electron chi connectivity index (χ2n) is 3.26. The van der Waals surface area contributed by atoms with E-state index in [2.05, 4.69) is 0 Å². The second kappa shape index (κ2) is 1.48. The molecule has 0 aromatic rings. The lowest BCUT2D eigenvalue weighted by molar-refractivity contribution is 0.238. The summed E-state index contributed by atoms with van der Waals surface area (Å²) in [6.45, 7) is 2.00. The molecule has 0 radical (unpaired) electrons. The summed E-state index contributed by atoms with van der Waals surface area (Å²) in [5.41, 5.74) is -0.0579. The molecule has 2 aliphatic rings. The molecule has 1 aliphatic heterocycles. The quantitative estimate of drug-likeness (QED) is 0.454. The van der Waals surface area contributed by atoms with Crippen LogP contribution in [0.2, 0.25) is 0 Å². The van der Waals surface area contributed by atoms with Gasteiger partial charge in [0.1, 0.15) is 12.3 Å². The molecule has 0 amide bonds. The topological polar surface area (TPSA) is 12.5 Å². The fraction of sp³-hybridized carbons (Fsp3) is 1.00. The molecule has 1 nitrogen and oxygen atoms in total. The van der Waals surface area contributed by atoms with Crippen molar-refractivity contribution in [2.75, 3.05) is 0 Å². The van der Waals surface area contributed by atoms with E-state index < -0.39 is 6.17 Å². The molecule has 2 heteroatoms. The van der Waals surface area contributed by atoms with E-state index in [-0.39, 0.29) is 11.7 Å². The second-order valence-corrected chi connectivity index (χ2v) is 3.26. The van der Waals surface area contributed by atoms with Gasteiger partial charge in [0.2, 0.25) is 0 Å². The molecule has 9 heavy (non-hydrogen) atoms. The molecular weight excluding hydrogens is 119 g/mol. The number of hydrogen-bond donors (Lipinski definition) is 0. The first-order valence-electron chi connectivity index (χ1n) is 3.54. The molecule has 1 saturated carbocycles. The minimum absolute atomic E-state index is 0.0498. The highest BCUT2D eigenvalue weighted by molar-refractivity contribution is 5.05. The molecule has 0 aromatic heterocycles. The highest BCUT2D eigenvalue weighted by Gasteiger charge is 2.58. The number of halogens is 1. The van der Waals surface area contributed by atoms with Gasteiger partial charge in [-0.15, -0.1) is 0 Å². The Hall–Kier alpha value is -0.110. The number of hydrogen-bond acceptors (Lipinski definition) is 1. The molecule has 0 N–H and O–H groups in total. The molecule has 2 fully saturated rings. The standard InChI is InChI=1S/C7H11FO/c1-7-4-2-3-5(8)6(7)9-7/h5-6H,2-4H2,1H3/t5?,6-,7+/m1/s1. The molecule has 2 rings (SSSR count). The van der Waals surface area contributed by atoms with Crippen LogP contribution in [-0.2, 0) is 4.74 Å². The van der Waals surface area contributed by atoms with E-state index in [1.807, 2.05) is 6.92 Å². The van der Waals surface area contributed by atoms with Crippen LogP contribution in [0.3, 0.4) is 0 Å². The minimum Gasteiger partial charge on any atom is -0.363 e. The molecule has 1 saturated heterocycles. The predicted molar refractivity (Wildman–Crippen MR) is 32.0 cm³/mol. The molecule has 0 bridgehead atoms. The Bertz CT molecular complexity index is 137. The molecule has 52 valence electrons. The third-order valence-electron chi connectivity index (χ3n) is 2.42. The third-order valence-corrected chi connectivity index (χ3v) is 2.42. The van der Waals surface area contributed by atoms with Crippen LogP contribution in [-0.4, -0.2) is 17.9 Å². The molecule has 1 heterocycles. The van der Waals surface area contributed by atoms with Crippen molar-refractivity contribution < 1.29 is 9.13 Å². The maximum Gasteiger partial charge on any atom is 0.129 e.